The molecule has 2 N–H and O–H groups in total. The van der Waals surface area contributed by atoms with Crippen molar-refractivity contribution in [3.8, 4) is 5.75 Å². The Kier molecular flexibility index (Phi) is 7.49. The highest BCUT2D eigenvalue weighted by atomic mass is 28.4. The molecule has 0 amide bonds. The molecule has 27 heavy (non-hydrogen) atoms. The average molecular weight is 414 g/mol. The minimum atomic E-state index is -1.98. The van der Waals surface area contributed by atoms with Crippen molar-refractivity contribution >= 4 is 16.6 Å². The summed E-state index contributed by atoms with van der Waals surface area (Å²) in [5.41, 5.74) is 1.78. The first-order valence-electron chi connectivity index (χ1n) is 9.61. The topological polar surface area (TPSA) is 71.8 Å². The highest BCUT2D eigenvalue weighted by molar-refractivity contribution is 6.74. The van der Waals surface area contributed by atoms with Crippen LogP contribution >= 0.6 is 0 Å². The summed E-state index contributed by atoms with van der Waals surface area (Å²) in [4.78, 5) is 4.20. The number of nitrogens with zero attached hydrogens (tertiary/aromatic N) is 1. The molecule has 1 aromatic heterocycles. The summed E-state index contributed by atoms with van der Waals surface area (Å²) in [5, 5.41) is 20.3. The van der Waals surface area contributed by atoms with E-state index in [2.05, 4.69) is 72.7 Å². The number of aliphatic hydroxyl groups is 1. The van der Waals surface area contributed by atoms with Crippen LogP contribution in [0.1, 0.15) is 58.4 Å². The number of aromatic nitrogens is 1. The van der Waals surface area contributed by atoms with E-state index in [0.29, 0.717) is 18.8 Å². The molecule has 0 saturated heterocycles. The van der Waals surface area contributed by atoms with Crippen LogP contribution in [-0.2, 0) is 28.7 Å². The SMILES string of the molecule is CC(C)(C)[Si](C)(C)OCc1cnc(CO)c(O)c1CO[Si](C)(C)C(C)(C)C. The summed E-state index contributed by atoms with van der Waals surface area (Å²) < 4.78 is 12.7. The Bertz CT molecular complexity index is 647. The number of hydrogen-bond donors (Lipinski definition) is 2. The lowest BCUT2D eigenvalue weighted by Crippen LogP contribution is -2.41. The van der Waals surface area contributed by atoms with Crippen molar-refractivity contribution in [1.29, 1.82) is 0 Å². The summed E-state index contributed by atoms with van der Waals surface area (Å²) in [5.74, 6) is 0.0209. The maximum absolute atomic E-state index is 10.6. The Morgan fingerprint density at radius 2 is 1.33 bits per heavy atom. The summed E-state index contributed by atoms with van der Waals surface area (Å²) in [7, 11) is -3.91. The summed E-state index contributed by atoms with van der Waals surface area (Å²) in [6.45, 7) is 22.3. The molecule has 0 unspecified atom stereocenters. The zero-order chi connectivity index (χ0) is 21.3. The predicted octanol–water partition coefficient (Wildman–Crippen LogP) is 5.32. The van der Waals surface area contributed by atoms with Crippen LogP contribution in [0.3, 0.4) is 0 Å². The van der Waals surface area contributed by atoms with E-state index in [0.717, 1.165) is 5.56 Å². The van der Waals surface area contributed by atoms with Gasteiger partial charge in [-0.2, -0.15) is 0 Å². The summed E-state index contributed by atoms with van der Waals surface area (Å²) >= 11 is 0. The second kappa shape index (κ2) is 8.33. The fraction of sp³-hybridized carbons (Fsp3) is 0.750. The van der Waals surface area contributed by atoms with E-state index in [4.69, 9.17) is 8.85 Å². The molecule has 0 aliphatic carbocycles. The first-order chi connectivity index (χ1) is 12.0. The third-order valence-electron chi connectivity index (χ3n) is 6.25. The van der Waals surface area contributed by atoms with E-state index in [1.54, 1.807) is 6.20 Å². The minimum Gasteiger partial charge on any atom is -0.506 e. The van der Waals surface area contributed by atoms with Gasteiger partial charge in [0.25, 0.3) is 0 Å². The smallest absolute Gasteiger partial charge is 0.192 e. The van der Waals surface area contributed by atoms with Crippen LogP contribution in [0.25, 0.3) is 0 Å². The normalized spacial score (nSPS) is 13.9. The van der Waals surface area contributed by atoms with Crippen LogP contribution in [0.5, 0.6) is 5.75 Å². The van der Waals surface area contributed by atoms with Crippen molar-refractivity contribution in [2.45, 2.75) is 97.6 Å². The van der Waals surface area contributed by atoms with Crippen molar-refractivity contribution in [3.63, 3.8) is 0 Å². The minimum absolute atomic E-state index is 0.0209. The van der Waals surface area contributed by atoms with Gasteiger partial charge in [0.15, 0.2) is 16.6 Å². The number of hydrogen-bond acceptors (Lipinski definition) is 5. The fourth-order valence-corrected chi connectivity index (χ4v) is 3.85. The predicted molar refractivity (Wildman–Crippen MR) is 116 cm³/mol. The molecule has 7 heteroatoms. The first-order valence-corrected chi connectivity index (χ1v) is 15.4. The lowest BCUT2D eigenvalue weighted by Gasteiger charge is -2.37. The third kappa shape index (κ3) is 5.87. The number of pyridine rings is 1. The van der Waals surface area contributed by atoms with Crippen molar-refractivity contribution < 1.29 is 19.1 Å². The van der Waals surface area contributed by atoms with Gasteiger partial charge in [-0.3, -0.25) is 4.98 Å². The Balaban J connectivity index is 3.14. The van der Waals surface area contributed by atoms with Crippen molar-refractivity contribution in [3.05, 3.63) is 23.0 Å². The molecule has 0 atom stereocenters. The number of aromatic hydroxyl groups is 1. The second-order valence-corrected chi connectivity index (χ2v) is 19.9. The molecule has 0 spiro atoms. The monoisotopic (exact) mass is 413 g/mol. The molecule has 0 bridgehead atoms. The van der Waals surface area contributed by atoms with E-state index in [1.165, 1.54) is 0 Å². The molecule has 0 fully saturated rings. The van der Waals surface area contributed by atoms with Gasteiger partial charge in [-0.05, 0) is 36.3 Å². The standard InChI is InChI=1S/C20H39NO4Si2/c1-19(2,3)26(7,8)24-13-15-11-21-17(12-22)18(23)16(15)14-25-27(9,10)20(4,5)6/h11,22-23H,12-14H2,1-10H3. The molecule has 0 radical (unpaired) electrons. The van der Waals surface area contributed by atoms with Gasteiger partial charge in [-0.1, -0.05) is 41.5 Å². The van der Waals surface area contributed by atoms with Gasteiger partial charge >= 0.3 is 0 Å². The molecule has 1 heterocycles. The van der Waals surface area contributed by atoms with Gasteiger partial charge in [0.05, 0.1) is 19.8 Å². The molecular formula is C20H39NO4Si2. The van der Waals surface area contributed by atoms with Crippen molar-refractivity contribution in [1.82, 2.24) is 4.98 Å². The van der Waals surface area contributed by atoms with E-state index in [1.807, 2.05) is 0 Å². The summed E-state index contributed by atoms with van der Waals surface area (Å²) in [6, 6.07) is 0. The summed E-state index contributed by atoms with van der Waals surface area (Å²) in [6.07, 6.45) is 1.70. The molecule has 0 aromatic carbocycles. The van der Waals surface area contributed by atoms with E-state index in [-0.39, 0.29) is 28.1 Å². The Labute approximate surface area is 167 Å². The highest BCUT2D eigenvalue weighted by Gasteiger charge is 2.39. The Morgan fingerprint density at radius 3 is 1.74 bits per heavy atom. The second-order valence-electron chi connectivity index (χ2n) is 10.3. The van der Waals surface area contributed by atoms with Crippen LogP contribution in [0.15, 0.2) is 6.20 Å². The average Bonchev–Trinajstić information content (AvgIpc) is 2.49. The van der Waals surface area contributed by atoms with Crippen molar-refractivity contribution in [2.24, 2.45) is 0 Å². The van der Waals surface area contributed by atoms with Crippen LogP contribution in [0, 0.1) is 0 Å². The maximum Gasteiger partial charge on any atom is 0.192 e. The van der Waals surface area contributed by atoms with Gasteiger partial charge < -0.3 is 19.1 Å². The molecule has 1 aromatic rings. The molecule has 0 saturated carbocycles. The van der Waals surface area contributed by atoms with E-state index < -0.39 is 16.6 Å². The zero-order valence-electron chi connectivity index (χ0n) is 18.9. The number of aliphatic hydroxyl groups excluding tert-OH is 1. The van der Waals surface area contributed by atoms with Gasteiger partial charge in [-0.15, -0.1) is 0 Å². The lowest BCUT2D eigenvalue weighted by molar-refractivity contribution is 0.245. The molecule has 1 rings (SSSR count). The fourth-order valence-electron chi connectivity index (χ4n) is 1.97. The zero-order valence-corrected chi connectivity index (χ0v) is 20.9. The highest BCUT2D eigenvalue weighted by Crippen LogP contribution is 2.39. The molecule has 5 nitrogen and oxygen atoms in total. The van der Waals surface area contributed by atoms with Crippen molar-refractivity contribution in [2.75, 3.05) is 0 Å². The van der Waals surface area contributed by atoms with E-state index in [9.17, 15) is 10.2 Å². The van der Waals surface area contributed by atoms with Crippen LogP contribution in [0.4, 0.5) is 0 Å². The van der Waals surface area contributed by atoms with Gasteiger partial charge in [0.1, 0.15) is 11.4 Å². The van der Waals surface area contributed by atoms with Crippen LogP contribution < -0.4 is 0 Å². The molecular weight excluding hydrogens is 374 g/mol. The number of rotatable bonds is 7. The van der Waals surface area contributed by atoms with E-state index >= 15 is 0 Å². The van der Waals surface area contributed by atoms with Crippen LogP contribution in [-0.4, -0.2) is 31.8 Å². The van der Waals surface area contributed by atoms with Gasteiger partial charge in [0.2, 0.25) is 0 Å². The van der Waals surface area contributed by atoms with Gasteiger partial charge in [-0.25, -0.2) is 0 Å². The molecule has 0 aliphatic rings. The Hall–Kier alpha value is -0.736. The molecule has 156 valence electrons. The maximum atomic E-state index is 10.6. The van der Waals surface area contributed by atoms with Gasteiger partial charge in [0, 0.05) is 17.3 Å². The first kappa shape index (κ1) is 24.3. The largest absolute Gasteiger partial charge is 0.506 e. The molecule has 0 aliphatic heterocycles. The van der Waals surface area contributed by atoms with Crippen LogP contribution in [0.2, 0.25) is 36.3 Å². The Morgan fingerprint density at radius 1 is 0.889 bits per heavy atom. The lowest BCUT2D eigenvalue weighted by atomic mass is 10.1. The third-order valence-corrected chi connectivity index (χ3v) is 15.2. The quantitative estimate of drug-likeness (QED) is 0.592.